The van der Waals surface area contributed by atoms with Gasteiger partial charge >= 0.3 is 0 Å². The second-order valence-electron chi connectivity index (χ2n) is 3.32. The number of thiazole rings is 1. The molecule has 16 heavy (non-hydrogen) atoms. The summed E-state index contributed by atoms with van der Waals surface area (Å²) in [7, 11) is 0. The molecule has 0 saturated heterocycles. The normalized spacial score (nSPS) is 10.1. The smallest absolute Gasteiger partial charge is 0.221 e. The number of aromatic amines is 1. The lowest BCUT2D eigenvalue weighted by atomic mass is 10.1. The van der Waals surface area contributed by atoms with E-state index in [2.05, 4.69) is 10.3 Å². The molecule has 82 valence electrons. The first-order valence-electron chi connectivity index (χ1n) is 4.71. The quantitative estimate of drug-likeness (QED) is 0.802. The zero-order valence-electron chi connectivity index (χ0n) is 8.61. The van der Waals surface area contributed by atoms with Crippen LogP contribution in [0.25, 0.3) is 11.3 Å². The number of rotatable bonds is 2. The standard InChI is InChI=1S/C11H10N2OS2/c1-7(14)12-9-4-2-3-8(5-9)10-6-16-11(15)13-10/h2-6H,1H3,(H,12,14)(H,13,15). The fourth-order valence-corrected chi connectivity index (χ4v) is 2.23. The lowest BCUT2D eigenvalue weighted by molar-refractivity contribution is -0.114. The summed E-state index contributed by atoms with van der Waals surface area (Å²) in [6, 6.07) is 7.63. The van der Waals surface area contributed by atoms with Crippen molar-refractivity contribution in [3.63, 3.8) is 0 Å². The molecule has 0 aliphatic carbocycles. The number of hydrogen-bond donors (Lipinski definition) is 2. The van der Waals surface area contributed by atoms with Crippen molar-refractivity contribution in [2.75, 3.05) is 5.32 Å². The number of H-pyrrole nitrogens is 1. The first-order valence-corrected chi connectivity index (χ1v) is 6.00. The third kappa shape index (κ3) is 2.56. The molecule has 0 fully saturated rings. The Balaban J connectivity index is 2.35. The van der Waals surface area contributed by atoms with Gasteiger partial charge in [-0.3, -0.25) is 4.79 Å². The molecule has 0 atom stereocenters. The van der Waals surface area contributed by atoms with E-state index in [0.29, 0.717) is 0 Å². The van der Waals surface area contributed by atoms with Gasteiger partial charge in [0.1, 0.15) is 0 Å². The van der Waals surface area contributed by atoms with Crippen LogP contribution in [0.3, 0.4) is 0 Å². The molecule has 1 aromatic heterocycles. The number of aromatic nitrogens is 1. The first-order chi connectivity index (χ1) is 7.65. The van der Waals surface area contributed by atoms with Crippen LogP contribution in [0.5, 0.6) is 0 Å². The summed E-state index contributed by atoms with van der Waals surface area (Å²) in [6.07, 6.45) is 0. The molecule has 5 heteroatoms. The maximum atomic E-state index is 10.9. The van der Waals surface area contributed by atoms with E-state index in [1.54, 1.807) is 0 Å². The minimum Gasteiger partial charge on any atom is -0.337 e. The Kier molecular flexibility index (Phi) is 3.17. The molecule has 3 nitrogen and oxygen atoms in total. The van der Waals surface area contributed by atoms with Gasteiger partial charge in [0, 0.05) is 23.6 Å². The lowest BCUT2D eigenvalue weighted by Crippen LogP contribution is -2.05. The monoisotopic (exact) mass is 250 g/mol. The zero-order chi connectivity index (χ0) is 11.5. The third-order valence-corrected chi connectivity index (χ3v) is 3.07. The Bertz CT molecular complexity index is 571. The Morgan fingerprint density at radius 3 is 2.94 bits per heavy atom. The molecule has 1 heterocycles. The Hall–Kier alpha value is -1.46. The van der Waals surface area contributed by atoms with E-state index in [-0.39, 0.29) is 5.91 Å². The van der Waals surface area contributed by atoms with E-state index in [1.807, 2.05) is 29.6 Å². The van der Waals surface area contributed by atoms with Crippen LogP contribution in [-0.4, -0.2) is 10.9 Å². The van der Waals surface area contributed by atoms with E-state index in [9.17, 15) is 4.79 Å². The summed E-state index contributed by atoms with van der Waals surface area (Å²) in [6.45, 7) is 1.49. The van der Waals surface area contributed by atoms with Crippen LogP contribution < -0.4 is 5.32 Å². The first kappa shape index (κ1) is 11.0. The maximum Gasteiger partial charge on any atom is 0.221 e. The van der Waals surface area contributed by atoms with Gasteiger partial charge in [0.05, 0.1) is 5.69 Å². The second-order valence-corrected chi connectivity index (χ2v) is 4.87. The number of benzene rings is 1. The van der Waals surface area contributed by atoms with E-state index in [4.69, 9.17) is 12.2 Å². The average Bonchev–Trinajstić information content (AvgIpc) is 2.64. The number of anilines is 1. The van der Waals surface area contributed by atoms with E-state index >= 15 is 0 Å². The number of amides is 1. The molecule has 0 saturated carbocycles. The number of carbonyl (C=O) groups excluding carboxylic acids is 1. The maximum absolute atomic E-state index is 10.9. The van der Waals surface area contributed by atoms with Crippen LogP contribution in [0.15, 0.2) is 29.6 Å². The molecular weight excluding hydrogens is 240 g/mol. The molecule has 0 radical (unpaired) electrons. The summed E-state index contributed by atoms with van der Waals surface area (Å²) in [5.41, 5.74) is 2.77. The minimum absolute atomic E-state index is 0.0737. The zero-order valence-corrected chi connectivity index (χ0v) is 10.2. The van der Waals surface area contributed by atoms with Crippen LogP contribution in [0.4, 0.5) is 5.69 Å². The molecule has 1 aromatic carbocycles. The molecule has 1 amide bonds. The van der Waals surface area contributed by atoms with Crippen LogP contribution in [0.1, 0.15) is 6.92 Å². The third-order valence-electron chi connectivity index (χ3n) is 2.01. The van der Waals surface area contributed by atoms with E-state index in [1.165, 1.54) is 18.3 Å². The predicted molar refractivity (Wildman–Crippen MR) is 69.2 cm³/mol. The van der Waals surface area contributed by atoms with Gasteiger partial charge in [-0.2, -0.15) is 0 Å². The summed E-state index contributed by atoms with van der Waals surface area (Å²) < 4.78 is 0.750. The van der Waals surface area contributed by atoms with Crippen molar-refractivity contribution in [1.29, 1.82) is 0 Å². The van der Waals surface area contributed by atoms with Crippen molar-refractivity contribution >= 4 is 35.1 Å². The van der Waals surface area contributed by atoms with Gasteiger partial charge in [0.2, 0.25) is 5.91 Å². The summed E-state index contributed by atoms with van der Waals surface area (Å²) in [5, 5.41) is 4.71. The van der Waals surface area contributed by atoms with Crippen molar-refractivity contribution in [3.8, 4) is 11.3 Å². The van der Waals surface area contributed by atoms with E-state index in [0.717, 1.165) is 20.9 Å². The minimum atomic E-state index is -0.0737. The van der Waals surface area contributed by atoms with Crippen LogP contribution >= 0.6 is 23.6 Å². The van der Waals surface area contributed by atoms with Gasteiger partial charge < -0.3 is 10.3 Å². The molecule has 0 aliphatic heterocycles. The van der Waals surface area contributed by atoms with Gasteiger partial charge in [0.25, 0.3) is 0 Å². The van der Waals surface area contributed by atoms with Crippen molar-refractivity contribution in [1.82, 2.24) is 4.98 Å². The van der Waals surface area contributed by atoms with Crippen molar-refractivity contribution in [2.24, 2.45) is 0 Å². The molecule has 2 aromatic rings. The van der Waals surface area contributed by atoms with Crippen LogP contribution in [0.2, 0.25) is 0 Å². The van der Waals surface area contributed by atoms with Crippen molar-refractivity contribution in [3.05, 3.63) is 33.6 Å². The molecule has 2 rings (SSSR count). The number of hydrogen-bond acceptors (Lipinski definition) is 3. The van der Waals surface area contributed by atoms with Gasteiger partial charge in [-0.25, -0.2) is 0 Å². The highest BCUT2D eigenvalue weighted by Crippen LogP contribution is 2.22. The largest absolute Gasteiger partial charge is 0.337 e. The average molecular weight is 250 g/mol. The molecule has 0 spiro atoms. The Morgan fingerprint density at radius 1 is 1.50 bits per heavy atom. The second kappa shape index (κ2) is 4.59. The van der Waals surface area contributed by atoms with Gasteiger partial charge in [-0.15, -0.1) is 11.3 Å². The summed E-state index contributed by atoms with van der Waals surface area (Å²) in [5.74, 6) is -0.0737. The number of nitrogens with one attached hydrogen (secondary N) is 2. The van der Waals surface area contributed by atoms with Gasteiger partial charge in [-0.1, -0.05) is 12.1 Å². The fourth-order valence-electron chi connectivity index (χ4n) is 1.39. The number of carbonyl (C=O) groups is 1. The fraction of sp³-hybridized carbons (Fsp3) is 0.0909. The highest BCUT2D eigenvalue weighted by molar-refractivity contribution is 7.73. The molecule has 0 bridgehead atoms. The Morgan fingerprint density at radius 2 is 2.31 bits per heavy atom. The SMILES string of the molecule is CC(=O)Nc1cccc(-c2csc(=S)[nH]2)c1. The van der Waals surface area contributed by atoms with Crippen LogP contribution in [0, 0.1) is 3.95 Å². The molecule has 2 N–H and O–H groups in total. The van der Waals surface area contributed by atoms with Crippen LogP contribution in [-0.2, 0) is 4.79 Å². The van der Waals surface area contributed by atoms with Gasteiger partial charge in [0.15, 0.2) is 3.95 Å². The molecule has 0 unspecified atom stereocenters. The summed E-state index contributed by atoms with van der Waals surface area (Å²) in [4.78, 5) is 14.0. The van der Waals surface area contributed by atoms with Crippen molar-refractivity contribution < 1.29 is 4.79 Å². The van der Waals surface area contributed by atoms with E-state index < -0.39 is 0 Å². The Labute approximate surface area is 102 Å². The molecular formula is C11H10N2OS2. The lowest BCUT2D eigenvalue weighted by Gasteiger charge is -2.03. The highest BCUT2D eigenvalue weighted by Gasteiger charge is 2.01. The highest BCUT2D eigenvalue weighted by atomic mass is 32.1. The molecule has 0 aliphatic rings. The van der Waals surface area contributed by atoms with Gasteiger partial charge in [-0.05, 0) is 24.4 Å². The predicted octanol–water partition coefficient (Wildman–Crippen LogP) is 3.43. The summed E-state index contributed by atoms with van der Waals surface area (Å²) >= 11 is 6.52. The van der Waals surface area contributed by atoms with Crippen molar-refractivity contribution in [2.45, 2.75) is 6.92 Å². The topological polar surface area (TPSA) is 44.9 Å².